The summed E-state index contributed by atoms with van der Waals surface area (Å²) in [5.41, 5.74) is 1.33. The Morgan fingerprint density at radius 2 is 1.84 bits per heavy atom. The molecule has 8 heteroatoms. The Hall–Kier alpha value is -3.78. The van der Waals surface area contributed by atoms with Gasteiger partial charge in [0.15, 0.2) is 5.69 Å². The SMILES string of the molecule is COCCN(Cc1nc2ccccc2c(=O)[nH]1)C(=O)c1nc(-c2ccccc2)oc1C. The number of ether oxygens (including phenoxy) is 1. The molecule has 2 aromatic heterocycles. The Balaban J connectivity index is 1.65. The Morgan fingerprint density at radius 3 is 2.61 bits per heavy atom. The zero-order chi connectivity index (χ0) is 21.8. The number of amides is 1. The highest BCUT2D eigenvalue weighted by Gasteiger charge is 2.24. The highest BCUT2D eigenvalue weighted by atomic mass is 16.5. The second-order valence-corrected chi connectivity index (χ2v) is 7.04. The van der Waals surface area contributed by atoms with Gasteiger partial charge in [-0.15, -0.1) is 0 Å². The van der Waals surface area contributed by atoms with Crippen LogP contribution in [0.5, 0.6) is 0 Å². The number of carbonyl (C=O) groups excluding carboxylic acids is 1. The van der Waals surface area contributed by atoms with E-state index in [-0.39, 0.29) is 23.7 Å². The summed E-state index contributed by atoms with van der Waals surface area (Å²) in [5.74, 6) is 0.866. The lowest BCUT2D eigenvalue weighted by Gasteiger charge is -2.21. The van der Waals surface area contributed by atoms with Crippen LogP contribution in [0.1, 0.15) is 22.1 Å². The second kappa shape index (κ2) is 8.93. The van der Waals surface area contributed by atoms with Crippen LogP contribution in [0.25, 0.3) is 22.4 Å². The van der Waals surface area contributed by atoms with Crippen LogP contribution < -0.4 is 5.56 Å². The maximum absolute atomic E-state index is 13.3. The number of oxazole rings is 1. The number of carbonyl (C=O) groups is 1. The smallest absolute Gasteiger partial charge is 0.276 e. The first-order chi connectivity index (χ1) is 15.1. The monoisotopic (exact) mass is 418 g/mol. The number of aryl methyl sites for hydroxylation is 1. The van der Waals surface area contributed by atoms with Crippen molar-refractivity contribution in [3.8, 4) is 11.5 Å². The minimum atomic E-state index is -0.323. The van der Waals surface area contributed by atoms with Crippen LogP contribution in [0.15, 0.2) is 63.8 Å². The van der Waals surface area contributed by atoms with E-state index in [2.05, 4.69) is 15.0 Å². The molecule has 1 N–H and O–H groups in total. The molecule has 0 unspecified atom stereocenters. The van der Waals surface area contributed by atoms with Gasteiger partial charge in [-0.2, -0.15) is 0 Å². The largest absolute Gasteiger partial charge is 0.441 e. The molecule has 0 radical (unpaired) electrons. The summed E-state index contributed by atoms with van der Waals surface area (Å²) in [6, 6.07) is 16.5. The third kappa shape index (κ3) is 4.39. The average Bonchev–Trinajstić information content (AvgIpc) is 3.18. The molecular formula is C23H22N4O4. The van der Waals surface area contributed by atoms with Crippen LogP contribution in [-0.2, 0) is 11.3 Å². The second-order valence-electron chi connectivity index (χ2n) is 7.04. The summed E-state index contributed by atoms with van der Waals surface area (Å²) in [5, 5.41) is 0.501. The predicted molar refractivity (Wildman–Crippen MR) is 116 cm³/mol. The van der Waals surface area contributed by atoms with Crippen molar-refractivity contribution in [2.45, 2.75) is 13.5 Å². The van der Waals surface area contributed by atoms with Crippen molar-refractivity contribution in [2.75, 3.05) is 20.3 Å². The number of nitrogens with one attached hydrogen (secondary N) is 1. The van der Waals surface area contributed by atoms with E-state index in [0.717, 1.165) is 5.56 Å². The minimum absolute atomic E-state index is 0.106. The van der Waals surface area contributed by atoms with E-state index in [4.69, 9.17) is 9.15 Å². The zero-order valence-electron chi connectivity index (χ0n) is 17.3. The van der Waals surface area contributed by atoms with Gasteiger partial charge in [0.05, 0.1) is 24.1 Å². The van der Waals surface area contributed by atoms with Crippen LogP contribution in [0.3, 0.4) is 0 Å². The summed E-state index contributed by atoms with van der Waals surface area (Å²) in [4.78, 5) is 38.9. The van der Waals surface area contributed by atoms with Crippen molar-refractivity contribution in [1.82, 2.24) is 19.9 Å². The van der Waals surface area contributed by atoms with Gasteiger partial charge in [-0.05, 0) is 31.2 Å². The molecule has 4 rings (SSSR count). The number of methoxy groups -OCH3 is 1. The van der Waals surface area contributed by atoms with Gasteiger partial charge in [0.1, 0.15) is 11.6 Å². The lowest BCUT2D eigenvalue weighted by Crippen LogP contribution is -2.35. The van der Waals surface area contributed by atoms with E-state index < -0.39 is 0 Å². The molecule has 0 saturated carbocycles. The Bertz CT molecular complexity index is 1260. The van der Waals surface area contributed by atoms with Crippen molar-refractivity contribution in [1.29, 1.82) is 0 Å². The Morgan fingerprint density at radius 1 is 1.10 bits per heavy atom. The number of benzene rings is 2. The highest BCUT2D eigenvalue weighted by molar-refractivity contribution is 5.93. The van der Waals surface area contributed by atoms with E-state index in [1.54, 1.807) is 32.2 Å². The molecule has 4 aromatic rings. The first-order valence-electron chi connectivity index (χ1n) is 9.86. The van der Waals surface area contributed by atoms with Crippen molar-refractivity contribution < 1.29 is 13.9 Å². The van der Waals surface area contributed by atoms with E-state index in [1.807, 2.05) is 36.4 Å². The summed E-state index contributed by atoms with van der Waals surface area (Å²) in [6.45, 7) is 2.44. The Kier molecular flexibility index (Phi) is 5.90. The van der Waals surface area contributed by atoms with Crippen LogP contribution in [0.4, 0.5) is 0 Å². The lowest BCUT2D eigenvalue weighted by molar-refractivity contribution is 0.0668. The van der Waals surface area contributed by atoms with Gasteiger partial charge < -0.3 is 19.0 Å². The summed E-state index contributed by atoms with van der Waals surface area (Å²) >= 11 is 0. The van der Waals surface area contributed by atoms with Crippen LogP contribution in [0, 0.1) is 6.92 Å². The number of H-pyrrole nitrogens is 1. The Labute approximate surface area is 178 Å². The van der Waals surface area contributed by atoms with Crippen molar-refractivity contribution in [3.63, 3.8) is 0 Å². The first-order valence-corrected chi connectivity index (χ1v) is 9.86. The summed E-state index contributed by atoms with van der Waals surface area (Å²) in [7, 11) is 1.56. The number of fused-ring (bicyclic) bond motifs is 1. The molecule has 1 amide bonds. The fourth-order valence-corrected chi connectivity index (χ4v) is 3.29. The quantitative estimate of drug-likeness (QED) is 0.495. The van der Waals surface area contributed by atoms with E-state index in [1.165, 1.54) is 4.90 Å². The fraction of sp³-hybridized carbons (Fsp3) is 0.217. The van der Waals surface area contributed by atoms with Gasteiger partial charge in [-0.3, -0.25) is 9.59 Å². The number of aromatic nitrogens is 3. The molecule has 0 fully saturated rings. The molecule has 2 aromatic carbocycles. The molecule has 0 aliphatic rings. The number of hydrogen-bond donors (Lipinski definition) is 1. The zero-order valence-corrected chi connectivity index (χ0v) is 17.3. The molecule has 0 spiro atoms. The average molecular weight is 418 g/mol. The first kappa shape index (κ1) is 20.5. The normalized spacial score (nSPS) is 11.0. The topological polar surface area (TPSA) is 101 Å². The van der Waals surface area contributed by atoms with Gasteiger partial charge in [-0.25, -0.2) is 9.97 Å². The molecule has 0 saturated heterocycles. The predicted octanol–water partition coefficient (Wildman–Crippen LogP) is 3.18. The minimum Gasteiger partial charge on any atom is -0.441 e. The van der Waals surface area contributed by atoms with Gasteiger partial charge in [0, 0.05) is 19.2 Å². The number of rotatable bonds is 7. The van der Waals surface area contributed by atoms with Gasteiger partial charge in [0.2, 0.25) is 5.89 Å². The number of aromatic amines is 1. The molecule has 158 valence electrons. The van der Waals surface area contributed by atoms with Crippen molar-refractivity contribution in [2.24, 2.45) is 0 Å². The highest BCUT2D eigenvalue weighted by Crippen LogP contribution is 2.22. The summed E-state index contributed by atoms with van der Waals surface area (Å²) in [6.07, 6.45) is 0. The van der Waals surface area contributed by atoms with E-state index >= 15 is 0 Å². The van der Waals surface area contributed by atoms with E-state index in [9.17, 15) is 9.59 Å². The molecular weight excluding hydrogens is 396 g/mol. The van der Waals surface area contributed by atoms with Crippen molar-refractivity contribution in [3.05, 3.63) is 82.2 Å². The number of para-hydroxylation sites is 1. The summed E-state index contributed by atoms with van der Waals surface area (Å²) < 4.78 is 10.9. The molecule has 0 aliphatic heterocycles. The number of hydrogen-bond acceptors (Lipinski definition) is 6. The fourth-order valence-electron chi connectivity index (χ4n) is 3.29. The van der Waals surface area contributed by atoms with Gasteiger partial charge >= 0.3 is 0 Å². The van der Waals surface area contributed by atoms with Gasteiger partial charge in [0.25, 0.3) is 11.5 Å². The lowest BCUT2D eigenvalue weighted by atomic mass is 10.2. The third-order valence-corrected chi connectivity index (χ3v) is 4.87. The molecule has 0 aliphatic carbocycles. The van der Waals surface area contributed by atoms with Crippen LogP contribution in [0.2, 0.25) is 0 Å². The number of nitrogens with zero attached hydrogens (tertiary/aromatic N) is 3. The molecule has 0 atom stereocenters. The van der Waals surface area contributed by atoms with Crippen molar-refractivity contribution >= 4 is 16.8 Å². The van der Waals surface area contributed by atoms with Gasteiger partial charge in [-0.1, -0.05) is 30.3 Å². The molecule has 2 heterocycles. The van der Waals surface area contributed by atoms with Crippen LogP contribution >= 0.6 is 0 Å². The molecule has 31 heavy (non-hydrogen) atoms. The third-order valence-electron chi connectivity index (χ3n) is 4.87. The standard InChI is InChI=1S/C23H22N4O4/c1-15-20(26-22(31-15)16-8-4-3-5-9-16)23(29)27(12-13-30-2)14-19-24-18-11-7-6-10-17(18)21(28)25-19/h3-11H,12-14H2,1-2H3,(H,24,25,28). The maximum Gasteiger partial charge on any atom is 0.276 e. The maximum atomic E-state index is 13.3. The molecule has 8 nitrogen and oxygen atoms in total. The molecule has 0 bridgehead atoms. The van der Waals surface area contributed by atoms with E-state index in [0.29, 0.717) is 41.5 Å². The van der Waals surface area contributed by atoms with Crippen LogP contribution in [-0.4, -0.2) is 46.0 Å².